The fourth-order valence-corrected chi connectivity index (χ4v) is 6.05. The second-order valence-corrected chi connectivity index (χ2v) is 14.2. The zero-order valence-electron chi connectivity index (χ0n) is 31.0. The van der Waals surface area contributed by atoms with Gasteiger partial charge in [-0.2, -0.15) is 0 Å². The third kappa shape index (κ3) is 11.4. The molecular formula is C40H49N7O7. The number of carbonyl (C=O) groups is 4. The second kappa shape index (κ2) is 18.9. The van der Waals surface area contributed by atoms with Gasteiger partial charge in [-0.3, -0.25) is 19.7 Å². The van der Waals surface area contributed by atoms with Crippen LogP contribution in [0.3, 0.4) is 0 Å². The van der Waals surface area contributed by atoms with Gasteiger partial charge in [0.05, 0.1) is 17.1 Å². The van der Waals surface area contributed by atoms with E-state index >= 15 is 0 Å². The number of nitrogen functional groups attached to an aromatic ring is 1. The maximum Gasteiger partial charge on any atom is 0.412 e. The highest BCUT2D eigenvalue weighted by atomic mass is 16.6. The minimum Gasteiger partial charge on any atom is -0.444 e. The van der Waals surface area contributed by atoms with Crippen molar-refractivity contribution in [3.8, 4) is 0 Å². The molecule has 4 amide bonds. The zero-order chi connectivity index (χ0) is 38.5. The van der Waals surface area contributed by atoms with Crippen LogP contribution >= 0.6 is 0 Å². The number of hydrogen-bond donors (Lipinski definition) is 5. The lowest BCUT2D eigenvalue weighted by atomic mass is 10.0. The summed E-state index contributed by atoms with van der Waals surface area (Å²) < 4.78 is 16.0. The number of rotatable bonds is 9. The molecule has 6 rings (SSSR count). The largest absolute Gasteiger partial charge is 0.444 e. The van der Waals surface area contributed by atoms with Crippen molar-refractivity contribution >= 4 is 51.6 Å². The molecule has 0 radical (unpaired) electrons. The van der Waals surface area contributed by atoms with Crippen LogP contribution < -0.4 is 27.0 Å². The molecule has 286 valence electrons. The minimum absolute atomic E-state index is 0.149. The Labute approximate surface area is 314 Å². The molecule has 54 heavy (non-hydrogen) atoms. The Morgan fingerprint density at radius 3 is 1.83 bits per heavy atom. The highest BCUT2D eigenvalue weighted by Gasteiger charge is 2.22. The van der Waals surface area contributed by atoms with Crippen LogP contribution in [0.5, 0.6) is 0 Å². The molecule has 4 aromatic rings. The summed E-state index contributed by atoms with van der Waals surface area (Å²) in [7, 11) is 0. The van der Waals surface area contributed by atoms with Gasteiger partial charge in [0.1, 0.15) is 5.60 Å². The van der Waals surface area contributed by atoms with Crippen molar-refractivity contribution < 1.29 is 33.4 Å². The summed E-state index contributed by atoms with van der Waals surface area (Å²) in [6.07, 6.45) is 6.30. The van der Waals surface area contributed by atoms with Crippen LogP contribution in [0.25, 0.3) is 10.8 Å². The predicted molar refractivity (Wildman–Crippen MR) is 206 cm³/mol. The van der Waals surface area contributed by atoms with E-state index in [1.165, 1.54) is 6.20 Å². The van der Waals surface area contributed by atoms with Crippen molar-refractivity contribution in [3.63, 3.8) is 0 Å². The number of benzene rings is 2. The molecule has 14 heteroatoms. The summed E-state index contributed by atoms with van der Waals surface area (Å²) in [5.41, 5.74) is 7.15. The van der Waals surface area contributed by atoms with Crippen LogP contribution in [0.2, 0.25) is 0 Å². The van der Waals surface area contributed by atoms with Crippen LogP contribution in [-0.4, -0.2) is 78.9 Å². The number of ether oxygens (including phenoxy) is 3. The zero-order valence-corrected chi connectivity index (χ0v) is 31.0. The van der Waals surface area contributed by atoms with Gasteiger partial charge in [0.25, 0.3) is 17.7 Å². The quantitative estimate of drug-likeness (QED) is 0.140. The van der Waals surface area contributed by atoms with Gasteiger partial charge in [-0.15, -0.1) is 0 Å². The van der Waals surface area contributed by atoms with E-state index < -0.39 is 17.6 Å². The molecule has 4 heterocycles. The molecule has 2 saturated heterocycles. The van der Waals surface area contributed by atoms with Gasteiger partial charge >= 0.3 is 6.09 Å². The summed E-state index contributed by atoms with van der Waals surface area (Å²) in [6, 6.07) is 17.2. The van der Waals surface area contributed by atoms with E-state index in [0.717, 1.165) is 38.9 Å². The smallest absolute Gasteiger partial charge is 0.412 e. The number of pyridine rings is 2. The van der Waals surface area contributed by atoms with E-state index in [0.29, 0.717) is 77.2 Å². The van der Waals surface area contributed by atoms with Gasteiger partial charge in [-0.25, -0.2) is 14.8 Å². The molecule has 2 aliphatic heterocycles. The van der Waals surface area contributed by atoms with Gasteiger partial charge in [-0.05, 0) is 100 Å². The molecule has 2 aliphatic rings. The predicted octanol–water partition coefficient (Wildman–Crippen LogP) is 5.81. The first-order valence-corrected chi connectivity index (χ1v) is 18.2. The number of nitrogens with zero attached hydrogens (tertiary/aromatic N) is 2. The monoisotopic (exact) mass is 739 g/mol. The summed E-state index contributed by atoms with van der Waals surface area (Å²) in [5, 5.41) is 12.7. The first kappa shape index (κ1) is 39.6. The first-order valence-electron chi connectivity index (χ1n) is 18.2. The van der Waals surface area contributed by atoms with Gasteiger partial charge in [0.15, 0.2) is 11.4 Å². The van der Waals surface area contributed by atoms with Gasteiger partial charge in [-0.1, -0.05) is 24.3 Å². The fraction of sp³-hybridized carbons (Fsp3) is 0.400. The van der Waals surface area contributed by atoms with Crippen LogP contribution in [0, 0.1) is 11.8 Å². The van der Waals surface area contributed by atoms with Crippen molar-refractivity contribution in [3.05, 3.63) is 90.0 Å². The van der Waals surface area contributed by atoms with E-state index in [1.807, 2.05) is 18.2 Å². The number of fused-ring (bicyclic) bond motifs is 1. The topological polar surface area (TPSA) is 196 Å². The molecule has 2 aromatic heterocycles. The maximum absolute atomic E-state index is 13.3. The Balaban J connectivity index is 0.000000274. The Morgan fingerprint density at radius 1 is 0.685 bits per heavy atom. The molecular weight excluding hydrogens is 690 g/mol. The average Bonchev–Trinajstić information content (AvgIpc) is 3.17. The number of nitrogens with one attached hydrogen (secondary N) is 4. The lowest BCUT2D eigenvalue weighted by molar-refractivity contribution is 0.0635. The fourth-order valence-electron chi connectivity index (χ4n) is 6.05. The summed E-state index contributed by atoms with van der Waals surface area (Å²) >= 11 is 0. The molecule has 0 spiro atoms. The van der Waals surface area contributed by atoms with Crippen molar-refractivity contribution in [2.45, 2.75) is 52.1 Å². The summed E-state index contributed by atoms with van der Waals surface area (Å²) in [5.74, 6) is -0.0819. The molecule has 2 fully saturated rings. The normalized spacial score (nSPS) is 14.9. The molecule has 0 atom stereocenters. The van der Waals surface area contributed by atoms with Crippen molar-refractivity contribution in [1.82, 2.24) is 20.6 Å². The molecule has 6 N–H and O–H groups in total. The third-order valence-corrected chi connectivity index (χ3v) is 8.91. The van der Waals surface area contributed by atoms with Crippen LogP contribution in [0.15, 0.2) is 73.1 Å². The van der Waals surface area contributed by atoms with Crippen molar-refractivity contribution in [2.75, 3.05) is 55.9 Å². The Bertz CT molecular complexity index is 1920. The Morgan fingerprint density at radius 2 is 1.24 bits per heavy atom. The van der Waals surface area contributed by atoms with E-state index in [1.54, 1.807) is 69.4 Å². The molecule has 14 nitrogen and oxygen atoms in total. The van der Waals surface area contributed by atoms with Gasteiger partial charge in [0, 0.05) is 62.9 Å². The van der Waals surface area contributed by atoms with Gasteiger partial charge < -0.3 is 35.9 Å². The summed E-state index contributed by atoms with van der Waals surface area (Å²) in [6.45, 7) is 9.53. The number of carbonyl (C=O) groups excluding carboxylic acids is 4. The highest BCUT2D eigenvalue weighted by Crippen LogP contribution is 2.28. The average molecular weight is 740 g/mol. The maximum atomic E-state index is 13.3. The standard InChI is InChI=1S/C28H32N4O5.C12H17N3O2/c1-28(2,3)37-27(35)32-22-11-10-21(19-7-4-5-8-20(19)22)25(33)31-23-9-6-14-29-24(23)26(34)30-17-18-12-15-36-16-13-18;13-10-2-1-5-14-11(10)12(16)15-8-9-3-6-17-7-4-9/h4-11,14,18H,12-13,15-17H2,1-3H3,(H,30,34)(H,31,33)(H,32,35);1-2,5,9H,3-4,6-8,13H2,(H,15,16). The Hall–Kier alpha value is -5.60. The van der Waals surface area contributed by atoms with E-state index in [-0.39, 0.29) is 17.5 Å². The lowest BCUT2D eigenvalue weighted by Gasteiger charge is -2.22. The molecule has 2 aromatic carbocycles. The molecule has 0 unspecified atom stereocenters. The van der Waals surface area contributed by atoms with Crippen LogP contribution in [-0.2, 0) is 14.2 Å². The molecule has 0 saturated carbocycles. The second-order valence-electron chi connectivity index (χ2n) is 14.2. The number of anilines is 3. The molecule has 0 aliphatic carbocycles. The summed E-state index contributed by atoms with van der Waals surface area (Å²) in [4.78, 5) is 58.6. The van der Waals surface area contributed by atoms with Crippen LogP contribution in [0.1, 0.15) is 77.8 Å². The van der Waals surface area contributed by atoms with Gasteiger partial charge in [0.2, 0.25) is 0 Å². The Kier molecular flexibility index (Phi) is 13.9. The number of amides is 4. The SMILES string of the molecule is CC(C)(C)OC(=O)Nc1ccc(C(=O)Nc2cccnc2C(=O)NCC2CCOCC2)c2ccccc12.Nc1cccnc1C(=O)NCC1CCOCC1. The minimum atomic E-state index is -0.641. The van der Waals surface area contributed by atoms with E-state index in [9.17, 15) is 19.2 Å². The first-order chi connectivity index (χ1) is 26.0. The highest BCUT2D eigenvalue weighted by molar-refractivity contribution is 6.17. The van der Waals surface area contributed by atoms with Crippen LogP contribution in [0.4, 0.5) is 21.9 Å². The van der Waals surface area contributed by atoms with E-state index in [2.05, 4.69) is 31.2 Å². The number of nitrogens with two attached hydrogens (primary N) is 1. The van der Waals surface area contributed by atoms with Crippen molar-refractivity contribution in [1.29, 1.82) is 0 Å². The lowest BCUT2D eigenvalue weighted by Crippen LogP contribution is -2.33. The van der Waals surface area contributed by atoms with E-state index in [4.69, 9.17) is 19.9 Å². The molecule has 0 bridgehead atoms. The third-order valence-electron chi connectivity index (χ3n) is 8.91. The number of aromatic nitrogens is 2. The number of hydrogen-bond acceptors (Lipinski definition) is 10. The van der Waals surface area contributed by atoms with Crippen molar-refractivity contribution in [2.24, 2.45) is 11.8 Å².